The van der Waals surface area contributed by atoms with Crippen LogP contribution in [0, 0.1) is 5.92 Å². The SMILES string of the molecule is O=C(NCC1CCCC(Cl)C1)c1cccc(Br)c1. The zero-order valence-electron chi connectivity index (χ0n) is 10.2. The Morgan fingerprint density at radius 1 is 1.44 bits per heavy atom. The summed E-state index contributed by atoms with van der Waals surface area (Å²) in [6.07, 6.45) is 4.46. The second-order valence-electron chi connectivity index (χ2n) is 4.85. The topological polar surface area (TPSA) is 29.1 Å². The van der Waals surface area contributed by atoms with Gasteiger partial charge in [-0.3, -0.25) is 4.79 Å². The summed E-state index contributed by atoms with van der Waals surface area (Å²) in [4.78, 5) is 12.0. The van der Waals surface area contributed by atoms with E-state index >= 15 is 0 Å². The van der Waals surface area contributed by atoms with Gasteiger partial charge in [-0.15, -0.1) is 11.6 Å². The van der Waals surface area contributed by atoms with E-state index in [1.165, 1.54) is 12.8 Å². The second-order valence-corrected chi connectivity index (χ2v) is 6.38. The molecule has 2 atom stereocenters. The van der Waals surface area contributed by atoms with E-state index in [9.17, 15) is 4.79 Å². The van der Waals surface area contributed by atoms with Crippen molar-refractivity contribution in [2.75, 3.05) is 6.54 Å². The normalized spacial score (nSPS) is 23.7. The zero-order valence-corrected chi connectivity index (χ0v) is 12.5. The molecule has 0 bridgehead atoms. The lowest BCUT2D eigenvalue weighted by Crippen LogP contribution is -2.32. The molecule has 1 saturated carbocycles. The van der Waals surface area contributed by atoms with Crippen LogP contribution in [-0.2, 0) is 0 Å². The maximum atomic E-state index is 12.0. The Morgan fingerprint density at radius 3 is 3.00 bits per heavy atom. The summed E-state index contributed by atoms with van der Waals surface area (Å²) in [6.45, 7) is 0.731. The molecule has 1 aliphatic carbocycles. The van der Waals surface area contributed by atoms with Crippen molar-refractivity contribution in [3.63, 3.8) is 0 Å². The Hall–Kier alpha value is -0.540. The quantitative estimate of drug-likeness (QED) is 0.835. The number of rotatable bonds is 3. The van der Waals surface area contributed by atoms with Gasteiger partial charge in [-0.2, -0.15) is 0 Å². The van der Waals surface area contributed by atoms with Crippen LogP contribution in [0.15, 0.2) is 28.7 Å². The Labute approximate surface area is 121 Å². The fourth-order valence-corrected chi connectivity index (χ4v) is 3.19. The van der Waals surface area contributed by atoms with Gasteiger partial charge in [0.25, 0.3) is 5.91 Å². The van der Waals surface area contributed by atoms with Gasteiger partial charge in [-0.1, -0.05) is 28.4 Å². The first-order chi connectivity index (χ1) is 8.65. The highest BCUT2D eigenvalue weighted by atomic mass is 79.9. The summed E-state index contributed by atoms with van der Waals surface area (Å²) in [7, 11) is 0. The van der Waals surface area contributed by atoms with Gasteiger partial charge in [0.05, 0.1) is 0 Å². The highest BCUT2D eigenvalue weighted by Crippen LogP contribution is 2.27. The second kappa shape index (κ2) is 6.58. The zero-order chi connectivity index (χ0) is 13.0. The Morgan fingerprint density at radius 2 is 2.28 bits per heavy atom. The third-order valence-electron chi connectivity index (χ3n) is 3.36. The van der Waals surface area contributed by atoms with E-state index < -0.39 is 0 Å². The maximum absolute atomic E-state index is 12.0. The number of carbonyl (C=O) groups is 1. The Bertz CT molecular complexity index is 424. The third-order valence-corrected chi connectivity index (χ3v) is 4.25. The first kappa shape index (κ1) is 13.9. The number of carbonyl (C=O) groups excluding carboxylic acids is 1. The monoisotopic (exact) mass is 329 g/mol. The first-order valence-electron chi connectivity index (χ1n) is 6.33. The summed E-state index contributed by atoms with van der Waals surface area (Å²) in [5.74, 6) is 0.519. The van der Waals surface area contributed by atoms with Gasteiger partial charge in [0, 0.05) is 22.0 Å². The molecule has 0 spiro atoms. The lowest BCUT2D eigenvalue weighted by molar-refractivity contribution is 0.0943. The molecule has 1 aliphatic rings. The number of halogens is 2. The molecule has 0 heterocycles. The summed E-state index contributed by atoms with van der Waals surface area (Å²) in [5.41, 5.74) is 0.697. The molecule has 1 amide bonds. The van der Waals surface area contributed by atoms with E-state index in [4.69, 9.17) is 11.6 Å². The molecule has 1 aromatic rings. The highest BCUT2D eigenvalue weighted by molar-refractivity contribution is 9.10. The molecule has 1 N–H and O–H groups in total. The highest BCUT2D eigenvalue weighted by Gasteiger charge is 2.20. The summed E-state index contributed by atoms with van der Waals surface area (Å²) >= 11 is 9.51. The Balaban J connectivity index is 1.84. The predicted octanol–water partition coefficient (Wildman–Crippen LogP) is 3.98. The summed E-state index contributed by atoms with van der Waals surface area (Å²) in [5, 5.41) is 3.28. The van der Waals surface area contributed by atoms with Crippen molar-refractivity contribution in [1.29, 1.82) is 0 Å². The number of alkyl halides is 1. The molecule has 18 heavy (non-hydrogen) atoms. The van der Waals surface area contributed by atoms with Gasteiger partial charge in [-0.05, 0) is 43.4 Å². The minimum Gasteiger partial charge on any atom is -0.352 e. The molecule has 2 unspecified atom stereocenters. The summed E-state index contributed by atoms with van der Waals surface area (Å²) in [6, 6.07) is 7.44. The molecular weight excluding hydrogens is 314 g/mol. The predicted molar refractivity (Wildman–Crippen MR) is 78.1 cm³/mol. The van der Waals surface area contributed by atoms with Crippen molar-refractivity contribution in [3.05, 3.63) is 34.3 Å². The number of benzene rings is 1. The number of hydrogen-bond acceptors (Lipinski definition) is 1. The van der Waals surface area contributed by atoms with Gasteiger partial charge < -0.3 is 5.32 Å². The number of hydrogen-bond donors (Lipinski definition) is 1. The minimum atomic E-state index is -0.00649. The molecule has 98 valence electrons. The molecule has 0 aromatic heterocycles. The van der Waals surface area contributed by atoms with Crippen molar-refractivity contribution in [2.45, 2.75) is 31.1 Å². The first-order valence-corrected chi connectivity index (χ1v) is 7.56. The van der Waals surface area contributed by atoms with Crippen LogP contribution in [0.4, 0.5) is 0 Å². The minimum absolute atomic E-state index is 0.00649. The fourth-order valence-electron chi connectivity index (χ4n) is 2.38. The number of amides is 1. The van der Waals surface area contributed by atoms with Crippen molar-refractivity contribution in [2.24, 2.45) is 5.92 Å². The van der Waals surface area contributed by atoms with Crippen LogP contribution in [0.25, 0.3) is 0 Å². The molecule has 1 aromatic carbocycles. The summed E-state index contributed by atoms with van der Waals surface area (Å²) < 4.78 is 0.925. The third kappa shape index (κ3) is 3.99. The van der Waals surface area contributed by atoms with E-state index in [1.54, 1.807) is 0 Å². The lowest BCUT2D eigenvalue weighted by atomic mass is 9.89. The van der Waals surface area contributed by atoms with Crippen molar-refractivity contribution in [3.8, 4) is 0 Å². The molecule has 0 aliphatic heterocycles. The van der Waals surface area contributed by atoms with E-state index in [0.717, 1.165) is 23.9 Å². The van der Waals surface area contributed by atoms with Crippen molar-refractivity contribution >= 4 is 33.4 Å². The van der Waals surface area contributed by atoms with Crippen LogP contribution >= 0.6 is 27.5 Å². The van der Waals surface area contributed by atoms with E-state index in [-0.39, 0.29) is 11.3 Å². The molecule has 4 heteroatoms. The molecule has 2 rings (SSSR count). The average molecular weight is 331 g/mol. The van der Waals surface area contributed by atoms with Gasteiger partial charge in [0.2, 0.25) is 0 Å². The van der Waals surface area contributed by atoms with Crippen LogP contribution in [0.2, 0.25) is 0 Å². The molecule has 2 nitrogen and oxygen atoms in total. The standard InChI is InChI=1S/C14H17BrClNO/c15-12-5-2-4-11(8-12)14(18)17-9-10-3-1-6-13(16)7-10/h2,4-5,8,10,13H,1,3,6-7,9H2,(H,17,18). The van der Waals surface area contributed by atoms with Crippen molar-refractivity contribution in [1.82, 2.24) is 5.32 Å². The molecule has 0 radical (unpaired) electrons. The largest absolute Gasteiger partial charge is 0.352 e. The molecule has 1 fully saturated rings. The van der Waals surface area contributed by atoms with E-state index in [0.29, 0.717) is 11.5 Å². The van der Waals surface area contributed by atoms with Gasteiger partial charge in [-0.25, -0.2) is 0 Å². The smallest absolute Gasteiger partial charge is 0.251 e. The van der Waals surface area contributed by atoms with Crippen molar-refractivity contribution < 1.29 is 4.79 Å². The van der Waals surface area contributed by atoms with E-state index in [1.807, 2.05) is 24.3 Å². The maximum Gasteiger partial charge on any atom is 0.251 e. The average Bonchev–Trinajstić information content (AvgIpc) is 2.36. The molecular formula is C14H17BrClNO. The van der Waals surface area contributed by atoms with Gasteiger partial charge >= 0.3 is 0 Å². The van der Waals surface area contributed by atoms with Crippen LogP contribution in [0.1, 0.15) is 36.0 Å². The Kier molecular flexibility index (Phi) is 5.07. The van der Waals surface area contributed by atoms with Gasteiger partial charge in [0.1, 0.15) is 0 Å². The van der Waals surface area contributed by atoms with Crippen LogP contribution in [-0.4, -0.2) is 17.8 Å². The fraction of sp³-hybridized carbons (Fsp3) is 0.500. The number of nitrogens with one attached hydrogen (secondary N) is 1. The van der Waals surface area contributed by atoms with Crippen LogP contribution in [0.3, 0.4) is 0 Å². The van der Waals surface area contributed by atoms with Crippen LogP contribution in [0.5, 0.6) is 0 Å². The van der Waals surface area contributed by atoms with Gasteiger partial charge in [0.15, 0.2) is 0 Å². The van der Waals surface area contributed by atoms with E-state index in [2.05, 4.69) is 21.2 Å². The molecule has 0 saturated heterocycles. The lowest BCUT2D eigenvalue weighted by Gasteiger charge is -2.25. The van der Waals surface area contributed by atoms with Crippen LogP contribution < -0.4 is 5.32 Å².